The van der Waals surface area contributed by atoms with E-state index < -0.39 is 0 Å². The van der Waals surface area contributed by atoms with Gasteiger partial charge in [0.2, 0.25) is 0 Å². The standard InChI is InChI=1S/C21H21ClN2O3.2ClH/c1-26-20-5-3-2-4-18(20)24-10-8-23(9-11-24)14-15-12-21(25)27-19-7-6-16(22)13-17(15)19;;/h2-7,12-13H,8-11,14H2,1H3;2*1H. The van der Waals surface area contributed by atoms with Crippen LogP contribution in [0, 0.1) is 0 Å². The number of para-hydroxylation sites is 2. The fourth-order valence-electron chi connectivity index (χ4n) is 3.90. The molecule has 2 aromatic carbocycles. The molecule has 29 heavy (non-hydrogen) atoms. The number of piperazine rings is 1. The third-order valence-corrected chi connectivity index (χ3v) is 5.51. The van der Waals surface area contributed by atoms with Gasteiger partial charge < -0.3 is 38.9 Å². The average Bonchev–Trinajstić information content (AvgIpc) is 2.69. The van der Waals surface area contributed by atoms with Gasteiger partial charge in [-0.15, -0.1) is 0 Å². The van der Waals surface area contributed by atoms with E-state index in [9.17, 15) is 4.79 Å². The lowest BCUT2D eigenvalue weighted by molar-refractivity contribution is -0.994. The first-order valence-corrected chi connectivity index (χ1v) is 9.56. The molecule has 0 saturated carbocycles. The van der Waals surface area contributed by atoms with Gasteiger partial charge in [0.05, 0.1) is 7.11 Å². The summed E-state index contributed by atoms with van der Waals surface area (Å²) in [5.41, 5.74) is 2.51. The number of quaternary nitrogens is 2. The van der Waals surface area contributed by atoms with Gasteiger partial charge in [-0.25, -0.2) is 4.79 Å². The van der Waals surface area contributed by atoms with Crippen molar-refractivity contribution in [1.82, 2.24) is 0 Å². The van der Waals surface area contributed by atoms with Crippen molar-refractivity contribution < 1.29 is 43.8 Å². The highest BCUT2D eigenvalue weighted by atomic mass is 35.5. The van der Waals surface area contributed by atoms with Crippen LogP contribution in [-0.2, 0) is 6.54 Å². The van der Waals surface area contributed by atoms with E-state index in [1.54, 1.807) is 25.3 Å². The topological polar surface area (TPSA) is 48.3 Å². The van der Waals surface area contributed by atoms with Crippen LogP contribution in [0.15, 0.2) is 57.7 Å². The Morgan fingerprint density at radius 2 is 1.76 bits per heavy atom. The van der Waals surface area contributed by atoms with Crippen LogP contribution in [0.25, 0.3) is 11.0 Å². The molecule has 8 heteroatoms. The van der Waals surface area contributed by atoms with Gasteiger partial charge in [0.15, 0.2) is 11.4 Å². The zero-order chi connectivity index (χ0) is 18.8. The molecule has 0 spiro atoms. The molecular formula is C21H23Cl3N2O3. The van der Waals surface area contributed by atoms with Gasteiger partial charge in [-0.1, -0.05) is 23.7 Å². The second kappa shape index (κ2) is 10.3. The smallest absolute Gasteiger partial charge is 0.336 e. The molecule has 156 valence electrons. The highest BCUT2D eigenvalue weighted by Gasteiger charge is 2.27. The van der Waals surface area contributed by atoms with Gasteiger partial charge in [0.25, 0.3) is 0 Å². The first kappa shape index (κ1) is 23.5. The summed E-state index contributed by atoms with van der Waals surface area (Å²) < 4.78 is 10.8. The van der Waals surface area contributed by atoms with Crippen molar-refractivity contribution in [3.05, 3.63) is 69.5 Å². The predicted octanol–water partition coefficient (Wildman–Crippen LogP) is -4.92. The molecule has 0 radical (unpaired) electrons. The number of hydrogen-bond donors (Lipinski definition) is 2. The first-order valence-electron chi connectivity index (χ1n) is 9.18. The summed E-state index contributed by atoms with van der Waals surface area (Å²) in [7, 11) is 1.72. The second-order valence-corrected chi connectivity index (χ2v) is 7.40. The third kappa shape index (κ3) is 5.24. The Morgan fingerprint density at radius 3 is 2.48 bits per heavy atom. The Morgan fingerprint density at radius 1 is 1.03 bits per heavy atom. The Labute approximate surface area is 187 Å². The minimum atomic E-state index is -0.308. The fourth-order valence-corrected chi connectivity index (χ4v) is 4.08. The molecule has 0 atom stereocenters. The molecule has 0 aliphatic carbocycles. The maximum atomic E-state index is 11.9. The number of ether oxygens (including phenoxy) is 1. The van der Waals surface area contributed by atoms with Crippen molar-refractivity contribution in [3.63, 3.8) is 0 Å². The Hall–Kier alpha value is -1.76. The van der Waals surface area contributed by atoms with Crippen LogP contribution >= 0.6 is 11.6 Å². The van der Waals surface area contributed by atoms with Crippen LogP contribution in [0.1, 0.15) is 5.56 Å². The first-order chi connectivity index (χ1) is 13.1. The van der Waals surface area contributed by atoms with E-state index in [1.165, 1.54) is 15.5 Å². The monoisotopic (exact) mass is 456 g/mol. The average molecular weight is 458 g/mol. The van der Waals surface area contributed by atoms with Crippen molar-refractivity contribution >= 4 is 28.3 Å². The van der Waals surface area contributed by atoms with Crippen LogP contribution in [0.3, 0.4) is 0 Å². The number of methoxy groups -OCH3 is 1. The van der Waals surface area contributed by atoms with Crippen LogP contribution in [-0.4, -0.2) is 33.3 Å². The zero-order valence-electron chi connectivity index (χ0n) is 16.0. The Kier molecular flexibility index (Phi) is 8.37. The molecule has 5 nitrogen and oxygen atoms in total. The molecule has 1 saturated heterocycles. The van der Waals surface area contributed by atoms with Crippen molar-refractivity contribution in [2.75, 3.05) is 33.3 Å². The quantitative estimate of drug-likeness (QED) is 0.386. The number of halogens is 3. The molecule has 1 aliphatic heterocycles. The van der Waals surface area contributed by atoms with Crippen LogP contribution < -0.4 is 45.0 Å². The predicted molar refractivity (Wildman–Crippen MR) is 105 cm³/mol. The lowest BCUT2D eigenvalue weighted by atomic mass is 10.1. The number of hydrogen-bond acceptors (Lipinski definition) is 3. The molecule has 0 amide bonds. The zero-order valence-corrected chi connectivity index (χ0v) is 18.3. The summed E-state index contributed by atoms with van der Waals surface area (Å²) in [4.78, 5) is 14.8. The minimum absolute atomic E-state index is 0. The Bertz CT molecular complexity index is 1020. The van der Waals surface area contributed by atoms with Crippen LogP contribution in [0.4, 0.5) is 5.69 Å². The van der Waals surface area contributed by atoms with Crippen LogP contribution in [0.2, 0.25) is 5.02 Å². The van der Waals surface area contributed by atoms with E-state index in [4.69, 9.17) is 20.8 Å². The fraction of sp³-hybridized carbons (Fsp3) is 0.286. The van der Waals surface area contributed by atoms with Gasteiger partial charge in [-0.05, 0) is 24.3 Å². The highest BCUT2D eigenvalue weighted by molar-refractivity contribution is 6.31. The lowest BCUT2D eigenvalue weighted by Crippen LogP contribution is -3.25. The molecular weight excluding hydrogens is 435 g/mol. The minimum Gasteiger partial charge on any atom is -1.00 e. The van der Waals surface area contributed by atoms with Gasteiger partial charge in [-0.2, -0.15) is 0 Å². The van der Waals surface area contributed by atoms with Crippen LogP contribution in [0.5, 0.6) is 5.75 Å². The van der Waals surface area contributed by atoms with E-state index in [1.807, 2.05) is 18.2 Å². The Balaban J connectivity index is 0.00000150. The molecule has 4 rings (SSSR count). The van der Waals surface area contributed by atoms with Crippen molar-refractivity contribution in [1.29, 1.82) is 0 Å². The largest absolute Gasteiger partial charge is 1.00 e. The SMILES string of the molecule is COc1ccccc1[NH+]1CC[NH+](Cc2cc(=O)oc3ccc(Cl)cc23)CC1.[Cl-].[Cl-]. The normalized spacial score (nSPS) is 18.6. The van der Waals surface area contributed by atoms with E-state index in [-0.39, 0.29) is 30.4 Å². The molecule has 2 heterocycles. The number of rotatable bonds is 4. The van der Waals surface area contributed by atoms with Gasteiger partial charge in [0, 0.05) is 28.1 Å². The summed E-state index contributed by atoms with van der Waals surface area (Å²) in [5.74, 6) is 0.942. The molecule has 2 N–H and O–H groups in total. The molecule has 1 aliphatic rings. The van der Waals surface area contributed by atoms with Crippen molar-refractivity contribution in [3.8, 4) is 5.75 Å². The number of benzene rings is 2. The molecule has 0 unspecified atom stereocenters. The summed E-state index contributed by atoms with van der Waals surface area (Å²) in [5, 5.41) is 1.58. The maximum Gasteiger partial charge on any atom is 0.336 e. The molecule has 1 aromatic heterocycles. The van der Waals surface area contributed by atoms with Crippen molar-refractivity contribution in [2.45, 2.75) is 6.54 Å². The molecule has 1 fully saturated rings. The van der Waals surface area contributed by atoms with Gasteiger partial charge in [-0.3, -0.25) is 4.90 Å². The summed E-state index contributed by atoms with van der Waals surface area (Å²) in [6.07, 6.45) is 0. The lowest BCUT2D eigenvalue weighted by Gasteiger charge is -2.30. The van der Waals surface area contributed by atoms with E-state index >= 15 is 0 Å². The summed E-state index contributed by atoms with van der Waals surface area (Å²) in [6, 6.07) is 15.2. The van der Waals surface area contributed by atoms with Gasteiger partial charge >= 0.3 is 5.63 Å². The maximum absolute atomic E-state index is 11.9. The van der Waals surface area contributed by atoms with Gasteiger partial charge in [0.1, 0.15) is 38.3 Å². The summed E-state index contributed by atoms with van der Waals surface area (Å²) >= 11 is 6.15. The van der Waals surface area contributed by atoms with E-state index in [0.29, 0.717) is 10.6 Å². The molecule has 0 bridgehead atoms. The summed E-state index contributed by atoms with van der Waals surface area (Å²) in [6.45, 7) is 4.89. The van der Waals surface area contributed by atoms with E-state index in [0.717, 1.165) is 49.4 Å². The number of fused-ring (bicyclic) bond motifs is 1. The number of nitrogens with one attached hydrogen (secondary N) is 2. The van der Waals surface area contributed by atoms with E-state index in [2.05, 4.69) is 12.1 Å². The second-order valence-electron chi connectivity index (χ2n) is 6.96. The highest BCUT2D eigenvalue weighted by Crippen LogP contribution is 2.21. The third-order valence-electron chi connectivity index (χ3n) is 5.28. The molecule has 3 aromatic rings. The van der Waals surface area contributed by atoms with Crippen molar-refractivity contribution in [2.24, 2.45) is 0 Å².